The number of aliphatic hydroxyl groups is 1. The van der Waals surface area contributed by atoms with E-state index in [1.807, 2.05) is 6.92 Å². The van der Waals surface area contributed by atoms with Gasteiger partial charge < -0.3 is 10.2 Å². The Labute approximate surface area is 76.6 Å². The first-order chi connectivity index (χ1) is 6.02. The van der Waals surface area contributed by atoms with E-state index < -0.39 is 6.10 Å². The highest BCUT2D eigenvalue weighted by atomic mass is 16.3. The number of carbonyl (C=O) groups is 1. The maximum absolute atomic E-state index is 10.8. The molecule has 0 saturated heterocycles. The summed E-state index contributed by atoms with van der Waals surface area (Å²) in [5, 5.41) is 18.8. The van der Waals surface area contributed by atoms with Crippen molar-refractivity contribution in [1.29, 1.82) is 0 Å². The summed E-state index contributed by atoms with van der Waals surface area (Å²) in [6, 6.07) is 4.80. The lowest BCUT2D eigenvalue weighted by Gasteiger charge is -2.09. The minimum atomic E-state index is -1.22. The van der Waals surface area contributed by atoms with Gasteiger partial charge in [0.2, 0.25) is 0 Å². The van der Waals surface area contributed by atoms with Crippen molar-refractivity contribution < 1.29 is 15.0 Å². The molecule has 0 aliphatic rings. The standard InChI is InChI=1S/C10H12O3/c1-6-3-4-8(9(12)5-6)10(13)7(2)11/h3-5,10,12-13H,1-2H3/t10-/m0/s1. The van der Waals surface area contributed by atoms with Crippen molar-refractivity contribution in [3.05, 3.63) is 29.3 Å². The topological polar surface area (TPSA) is 57.5 Å². The third-order valence-electron chi connectivity index (χ3n) is 1.87. The Morgan fingerprint density at radius 3 is 2.54 bits per heavy atom. The molecule has 3 nitrogen and oxygen atoms in total. The van der Waals surface area contributed by atoms with Crippen LogP contribution in [0.2, 0.25) is 0 Å². The number of aliphatic hydroxyl groups excluding tert-OH is 1. The molecule has 0 heterocycles. The second kappa shape index (κ2) is 3.58. The largest absolute Gasteiger partial charge is 0.508 e. The summed E-state index contributed by atoms with van der Waals surface area (Å²) in [7, 11) is 0. The third-order valence-corrected chi connectivity index (χ3v) is 1.87. The molecule has 13 heavy (non-hydrogen) atoms. The molecule has 0 aliphatic carbocycles. The zero-order chi connectivity index (χ0) is 10.0. The first kappa shape index (κ1) is 9.74. The molecule has 0 bridgehead atoms. The van der Waals surface area contributed by atoms with Gasteiger partial charge in [0.05, 0.1) is 0 Å². The Hall–Kier alpha value is -1.35. The van der Waals surface area contributed by atoms with Crippen molar-refractivity contribution >= 4 is 5.78 Å². The fourth-order valence-electron chi connectivity index (χ4n) is 1.10. The van der Waals surface area contributed by atoms with Gasteiger partial charge in [-0.2, -0.15) is 0 Å². The van der Waals surface area contributed by atoms with Gasteiger partial charge in [-0.25, -0.2) is 0 Å². The van der Waals surface area contributed by atoms with Gasteiger partial charge in [0.1, 0.15) is 11.9 Å². The number of phenolic OH excluding ortho intramolecular Hbond substituents is 1. The molecular weight excluding hydrogens is 168 g/mol. The van der Waals surface area contributed by atoms with Crippen LogP contribution in [0.5, 0.6) is 5.75 Å². The summed E-state index contributed by atoms with van der Waals surface area (Å²) in [5.41, 5.74) is 1.15. The monoisotopic (exact) mass is 180 g/mol. The number of rotatable bonds is 2. The van der Waals surface area contributed by atoms with Crippen molar-refractivity contribution in [3.63, 3.8) is 0 Å². The number of ketones is 1. The molecule has 3 heteroatoms. The molecule has 0 spiro atoms. The molecule has 0 fully saturated rings. The lowest BCUT2D eigenvalue weighted by Crippen LogP contribution is -2.07. The molecule has 0 saturated carbocycles. The van der Waals surface area contributed by atoms with E-state index in [-0.39, 0.29) is 17.1 Å². The Morgan fingerprint density at radius 2 is 2.08 bits per heavy atom. The average Bonchev–Trinajstić information content (AvgIpc) is 2.03. The zero-order valence-electron chi connectivity index (χ0n) is 7.61. The molecule has 1 aromatic carbocycles. The quantitative estimate of drug-likeness (QED) is 0.721. The number of hydrogen-bond acceptors (Lipinski definition) is 3. The van der Waals surface area contributed by atoms with E-state index in [1.54, 1.807) is 12.1 Å². The highest BCUT2D eigenvalue weighted by Gasteiger charge is 2.16. The normalized spacial score (nSPS) is 12.5. The summed E-state index contributed by atoms with van der Waals surface area (Å²) in [4.78, 5) is 10.8. The predicted molar refractivity (Wildman–Crippen MR) is 48.5 cm³/mol. The van der Waals surface area contributed by atoms with Gasteiger partial charge in [0.25, 0.3) is 0 Å². The second-order valence-electron chi connectivity index (χ2n) is 3.08. The molecule has 2 N–H and O–H groups in total. The number of carbonyl (C=O) groups excluding carboxylic acids is 1. The highest BCUT2D eigenvalue weighted by Crippen LogP contribution is 2.25. The summed E-state index contributed by atoms with van der Waals surface area (Å²) in [6.07, 6.45) is -1.22. The van der Waals surface area contributed by atoms with Gasteiger partial charge in [-0.3, -0.25) is 4.79 Å². The molecule has 0 radical (unpaired) electrons. The summed E-state index contributed by atoms with van der Waals surface area (Å²) < 4.78 is 0. The van der Waals surface area contributed by atoms with Crippen molar-refractivity contribution in [2.75, 3.05) is 0 Å². The van der Waals surface area contributed by atoms with Gasteiger partial charge in [0.15, 0.2) is 5.78 Å². The van der Waals surface area contributed by atoms with Crippen LogP contribution < -0.4 is 0 Å². The number of aromatic hydroxyl groups is 1. The number of benzene rings is 1. The van der Waals surface area contributed by atoms with Crippen LogP contribution in [0.25, 0.3) is 0 Å². The number of Topliss-reactive ketones (excluding diaryl/α,β-unsaturated/α-hetero) is 1. The minimum absolute atomic E-state index is 0.0392. The summed E-state index contributed by atoms with van der Waals surface area (Å²) in [6.45, 7) is 3.10. The smallest absolute Gasteiger partial charge is 0.162 e. The average molecular weight is 180 g/mol. The van der Waals surface area contributed by atoms with Gasteiger partial charge in [-0.15, -0.1) is 0 Å². The van der Waals surface area contributed by atoms with E-state index in [0.29, 0.717) is 0 Å². The summed E-state index contributed by atoms with van der Waals surface area (Å²) in [5.74, 6) is -0.415. The molecule has 0 unspecified atom stereocenters. The molecule has 1 atom stereocenters. The van der Waals surface area contributed by atoms with E-state index in [1.165, 1.54) is 13.0 Å². The van der Waals surface area contributed by atoms with Crippen molar-refractivity contribution in [3.8, 4) is 5.75 Å². The van der Waals surface area contributed by atoms with E-state index in [2.05, 4.69) is 0 Å². The van der Waals surface area contributed by atoms with Gasteiger partial charge in [-0.05, 0) is 25.5 Å². The fourth-order valence-corrected chi connectivity index (χ4v) is 1.10. The van der Waals surface area contributed by atoms with Crippen LogP contribution >= 0.6 is 0 Å². The number of aryl methyl sites for hydroxylation is 1. The van der Waals surface area contributed by atoms with Gasteiger partial charge in [0, 0.05) is 5.56 Å². The van der Waals surface area contributed by atoms with Crippen LogP contribution in [0.15, 0.2) is 18.2 Å². The van der Waals surface area contributed by atoms with Crippen molar-refractivity contribution in [1.82, 2.24) is 0 Å². The van der Waals surface area contributed by atoms with E-state index in [9.17, 15) is 15.0 Å². The molecule has 70 valence electrons. The van der Waals surface area contributed by atoms with Crippen LogP contribution in [-0.2, 0) is 4.79 Å². The van der Waals surface area contributed by atoms with Crippen LogP contribution in [0.3, 0.4) is 0 Å². The Morgan fingerprint density at radius 1 is 1.46 bits per heavy atom. The number of phenols is 1. The maximum Gasteiger partial charge on any atom is 0.162 e. The zero-order valence-corrected chi connectivity index (χ0v) is 7.61. The van der Waals surface area contributed by atoms with Gasteiger partial charge in [-0.1, -0.05) is 12.1 Å². The van der Waals surface area contributed by atoms with Gasteiger partial charge >= 0.3 is 0 Å². The SMILES string of the molecule is CC(=O)[C@H](O)c1ccc(C)cc1O. The Kier molecular flexibility index (Phi) is 2.68. The first-order valence-corrected chi connectivity index (χ1v) is 4.00. The molecule has 1 rings (SSSR count). The maximum atomic E-state index is 10.8. The van der Waals surface area contributed by atoms with Crippen LogP contribution in [-0.4, -0.2) is 16.0 Å². The Balaban J connectivity index is 3.08. The molecule has 0 aliphatic heterocycles. The lowest BCUT2D eigenvalue weighted by atomic mass is 10.0. The highest BCUT2D eigenvalue weighted by molar-refractivity contribution is 5.82. The third kappa shape index (κ3) is 2.06. The van der Waals surface area contributed by atoms with Crippen molar-refractivity contribution in [2.24, 2.45) is 0 Å². The number of hydrogen-bond donors (Lipinski definition) is 2. The van der Waals surface area contributed by atoms with Crippen LogP contribution in [0.4, 0.5) is 0 Å². The lowest BCUT2D eigenvalue weighted by molar-refractivity contribution is -0.125. The minimum Gasteiger partial charge on any atom is -0.508 e. The first-order valence-electron chi connectivity index (χ1n) is 4.00. The fraction of sp³-hybridized carbons (Fsp3) is 0.300. The Bertz CT molecular complexity index is 331. The van der Waals surface area contributed by atoms with Crippen molar-refractivity contribution in [2.45, 2.75) is 20.0 Å². The predicted octanol–water partition coefficient (Wildman–Crippen LogP) is 1.32. The van der Waals surface area contributed by atoms with E-state index >= 15 is 0 Å². The second-order valence-corrected chi connectivity index (χ2v) is 3.08. The molecule has 1 aromatic rings. The summed E-state index contributed by atoms with van der Waals surface area (Å²) >= 11 is 0. The van der Waals surface area contributed by atoms with E-state index in [0.717, 1.165) is 5.56 Å². The van der Waals surface area contributed by atoms with Crippen LogP contribution in [0.1, 0.15) is 24.2 Å². The van der Waals surface area contributed by atoms with Crippen LogP contribution in [0, 0.1) is 6.92 Å². The van der Waals surface area contributed by atoms with E-state index in [4.69, 9.17) is 0 Å². The molecular formula is C10H12O3. The molecule has 0 aromatic heterocycles. The molecule has 0 amide bonds.